The van der Waals surface area contributed by atoms with Crippen molar-refractivity contribution in [1.29, 1.82) is 0 Å². The highest BCUT2D eigenvalue weighted by molar-refractivity contribution is 4.60. The molecule has 0 bridgehead atoms. The van der Waals surface area contributed by atoms with E-state index in [1.165, 1.54) is 244 Å². The van der Waals surface area contributed by atoms with Crippen LogP contribution in [0.2, 0.25) is 0 Å². The fourth-order valence-electron chi connectivity index (χ4n) is 7.00. The molecule has 1 unspecified atom stereocenters. The largest absolute Gasteiger partial charge is 0.396 e. The van der Waals surface area contributed by atoms with Gasteiger partial charge in [-0.15, -0.1) is 0 Å². The van der Waals surface area contributed by atoms with E-state index in [4.69, 9.17) is 0 Å². The Bertz CT molecular complexity index is 460. The second-order valence-corrected chi connectivity index (χ2v) is 14.6. The number of unbranched alkanes of at least 4 members (excludes halogenated alkanes) is 34. The van der Waals surface area contributed by atoms with Gasteiger partial charge in [-0.3, -0.25) is 0 Å². The lowest BCUT2D eigenvalue weighted by molar-refractivity contribution is 0.204. The van der Waals surface area contributed by atoms with Crippen LogP contribution in [0.4, 0.5) is 0 Å². The van der Waals surface area contributed by atoms with Crippen LogP contribution in [0.3, 0.4) is 0 Å². The summed E-state index contributed by atoms with van der Waals surface area (Å²) in [6, 6.07) is 0. The third kappa shape index (κ3) is 38.1. The van der Waals surface area contributed by atoms with Gasteiger partial charge in [0.2, 0.25) is 0 Å². The molecule has 0 spiro atoms. The Morgan fingerprint density at radius 3 is 0.581 bits per heavy atom. The fraction of sp³-hybridized carbons (Fsp3) is 1.00. The number of hydrogen-bond donors (Lipinski definition) is 1. The summed E-state index contributed by atoms with van der Waals surface area (Å²) in [6.45, 7) is 5.02. The first-order chi connectivity index (χ1) is 21.3. The second kappa shape index (κ2) is 40.0. The van der Waals surface area contributed by atoms with Gasteiger partial charge in [-0.1, -0.05) is 245 Å². The summed E-state index contributed by atoms with van der Waals surface area (Å²) in [6.07, 6.45) is 54.4. The number of aliphatic hydroxyl groups is 1. The van der Waals surface area contributed by atoms with Crippen molar-refractivity contribution in [2.24, 2.45) is 5.92 Å². The summed E-state index contributed by atoms with van der Waals surface area (Å²) in [5, 5.41) is 9.81. The maximum absolute atomic E-state index is 9.81. The van der Waals surface area contributed by atoms with Gasteiger partial charge < -0.3 is 5.11 Å². The molecule has 0 amide bonds. The maximum Gasteiger partial charge on any atom is 0.0459 e. The Hall–Kier alpha value is -0.0400. The molecule has 0 aromatic rings. The summed E-state index contributed by atoms with van der Waals surface area (Å²) >= 11 is 0. The van der Waals surface area contributed by atoms with E-state index in [2.05, 4.69) is 13.8 Å². The summed E-state index contributed by atoms with van der Waals surface area (Å²) in [5.41, 5.74) is 0. The Morgan fingerprint density at radius 2 is 0.419 bits per heavy atom. The highest BCUT2D eigenvalue weighted by Gasteiger charge is 2.07. The summed E-state index contributed by atoms with van der Waals surface area (Å²) in [5.74, 6) is 0.571. The molecule has 0 saturated heterocycles. The summed E-state index contributed by atoms with van der Waals surface area (Å²) < 4.78 is 0. The van der Waals surface area contributed by atoms with Crippen molar-refractivity contribution >= 4 is 0 Å². The zero-order valence-corrected chi connectivity index (χ0v) is 30.6. The first-order valence-corrected chi connectivity index (χ1v) is 21.0. The van der Waals surface area contributed by atoms with Crippen LogP contribution in [-0.2, 0) is 0 Å². The molecule has 1 N–H and O–H groups in total. The molecular weight excluding hydrogens is 520 g/mol. The van der Waals surface area contributed by atoms with E-state index in [1.54, 1.807) is 0 Å². The molecule has 43 heavy (non-hydrogen) atoms. The SMILES string of the molecule is CCCCCCCCCCCCCCCCCCCCCC(CO)CCCCCCCCCCCCCCCCCCC. The van der Waals surface area contributed by atoms with Crippen molar-refractivity contribution in [1.82, 2.24) is 0 Å². The van der Waals surface area contributed by atoms with Crippen LogP contribution >= 0.6 is 0 Å². The van der Waals surface area contributed by atoms with Crippen LogP contribution in [0, 0.1) is 5.92 Å². The maximum atomic E-state index is 9.81. The minimum atomic E-state index is 0.415. The third-order valence-corrected chi connectivity index (χ3v) is 10.2. The predicted octanol–water partition coefficient (Wildman–Crippen LogP) is 15.5. The minimum absolute atomic E-state index is 0.415. The average molecular weight is 607 g/mol. The van der Waals surface area contributed by atoms with E-state index in [0.29, 0.717) is 12.5 Å². The Morgan fingerprint density at radius 1 is 0.256 bits per heavy atom. The molecule has 0 rings (SSSR count). The van der Waals surface area contributed by atoms with Crippen molar-refractivity contribution in [3.63, 3.8) is 0 Å². The van der Waals surface area contributed by atoms with E-state index in [0.717, 1.165) is 0 Å². The van der Waals surface area contributed by atoms with Crippen molar-refractivity contribution in [2.75, 3.05) is 6.61 Å². The van der Waals surface area contributed by atoms with Crippen LogP contribution in [0.5, 0.6) is 0 Å². The van der Waals surface area contributed by atoms with E-state index < -0.39 is 0 Å². The van der Waals surface area contributed by atoms with E-state index in [1.807, 2.05) is 0 Å². The van der Waals surface area contributed by atoms with Crippen LogP contribution in [-0.4, -0.2) is 11.7 Å². The van der Waals surface area contributed by atoms with Crippen LogP contribution < -0.4 is 0 Å². The molecule has 0 aliphatic rings. The predicted molar refractivity (Wildman–Crippen MR) is 197 cm³/mol. The molecule has 0 aliphatic carbocycles. The van der Waals surface area contributed by atoms with Gasteiger partial charge in [-0.25, -0.2) is 0 Å². The quantitative estimate of drug-likeness (QED) is 0.0690. The van der Waals surface area contributed by atoms with Gasteiger partial charge in [-0.05, 0) is 18.8 Å². The molecule has 0 fully saturated rings. The van der Waals surface area contributed by atoms with Gasteiger partial charge in [0.15, 0.2) is 0 Å². The second-order valence-electron chi connectivity index (χ2n) is 14.6. The van der Waals surface area contributed by atoms with Crippen molar-refractivity contribution < 1.29 is 5.11 Å². The van der Waals surface area contributed by atoms with Crippen molar-refractivity contribution in [3.8, 4) is 0 Å². The fourth-order valence-corrected chi connectivity index (χ4v) is 7.00. The summed E-state index contributed by atoms with van der Waals surface area (Å²) in [7, 11) is 0. The lowest BCUT2D eigenvalue weighted by Crippen LogP contribution is -2.06. The van der Waals surface area contributed by atoms with Gasteiger partial charge in [0.1, 0.15) is 0 Å². The highest BCUT2D eigenvalue weighted by Crippen LogP contribution is 2.20. The molecule has 260 valence electrons. The molecule has 1 atom stereocenters. The average Bonchev–Trinajstić information content (AvgIpc) is 3.02. The van der Waals surface area contributed by atoms with Crippen LogP contribution in [0.25, 0.3) is 0 Å². The number of aliphatic hydroxyl groups excluding tert-OH is 1. The first kappa shape index (κ1) is 43.0. The Labute approximate surface area is 274 Å². The zero-order valence-electron chi connectivity index (χ0n) is 30.6. The van der Waals surface area contributed by atoms with Gasteiger partial charge in [0.25, 0.3) is 0 Å². The normalized spacial score (nSPS) is 12.3. The number of rotatable bonds is 39. The minimum Gasteiger partial charge on any atom is -0.396 e. The van der Waals surface area contributed by atoms with Gasteiger partial charge in [0.05, 0.1) is 0 Å². The van der Waals surface area contributed by atoms with Crippen LogP contribution in [0.15, 0.2) is 0 Å². The zero-order chi connectivity index (χ0) is 31.2. The van der Waals surface area contributed by atoms with Crippen LogP contribution in [0.1, 0.15) is 258 Å². The Kier molecular flexibility index (Phi) is 39.9. The van der Waals surface area contributed by atoms with E-state index in [-0.39, 0.29) is 0 Å². The van der Waals surface area contributed by atoms with Gasteiger partial charge >= 0.3 is 0 Å². The molecular formula is C42H86O. The molecule has 0 aromatic carbocycles. The van der Waals surface area contributed by atoms with Crippen molar-refractivity contribution in [2.45, 2.75) is 258 Å². The standard InChI is InChI=1S/C42H86O/c1-3-5-7-9-11-13-15-17-19-21-22-24-26-28-30-32-34-36-38-40-42(41-43)39-37-35-33-31-29-27-25-23-20-18-16-14-12-10-8-6-4-2/h42-43H,3-41H2,1-2H3. The molecule has 0 radical (unpaired) electrons. The van der Waals surface area contributed by atoms with E-state index >= 15 is 0 Å². The summed E-state index contributed by atoms with van der Waals surface area (Å²) in [4.78, 5) is 0. The Balaban J connectivity index is 3.24. The molecule has 1 heteroatoms. The van der Waals surface area contributed by atoms with Crippen molar-refractivity contribution in [3.05, 3.63) is 0 Å². The smallest absolute Gasteiger partial charge is 0.0459 e. The first-order valence-electron chi connectivity index (χ1n) is 21.0. The third-order valence-electron chi connectivity index (χ3n) is 10.2. The van der Waals surface area contributed by atoms with Gasteiger partial charge in [0, 0.05) is 6.61 Å². The van der Waals surface area contributed by atoms with E-state index in [9.17, 15) is 5.11 Å². The number of hydrogen-bond acceptors (Lipinski definition) is 1. The lowest BCUT2D eigenvalue weighted by atomic mass is 9.94. The monoisotopic (exact) mass is 607 g/mol. The molecule has 1 nitrogen and oxygen atoms in total. The molecule has 0 heterocycles. The molecule has 0 saturated carbocycles. The molecule has 0 aromatic heterocycles. The highest BCUT2D eigenvalue weighted by atomic mass is 16.3. The lowest BCUT2D eigenvalue weighted by Gasteiger charge is -2.13. The topological polar surface area (TPSA) is 20.2 Å². The van der Waals surface area contributed by atoms with Gasteiger partial charge in [-0.2, -0.15) is 0 Å². The molecule has 0 aliphatic heterocycles.